The summed E-state index contributed by atoms with van der Waals surface area (Å²) in [6.45, 7) is 5.04. The van der Waals surface area contributed by atoms with Gasteiger partial charge < -0.3 is 10.1 Å². The van der Waals surface area contributed by atoms with Crippen LogP contribution in [0.3, 0.4) is 0 Å². The molecule has 0 fully saturated rings. The minimum absolute atomic E-state index is 0. The van der Waals surface area contributed by atoms with E-state index in [4.69, 9.17) is 4.74 Å². The Hall–Kier alpha value is -1.36. The lowest BCUT2D eigenvalue weighted by Crippen LogP contribution is -2.18. The highest BCUT2D eigenvalue weighted by Crippen LogP contribution is 2.19. The summed E-state index contributed by atoms with van der Waals surface area (Å²) in [7, 11) is 0. The van der Waals surface area contributed by atoms with Crippen LogP contribution in [0.4, 0.5) is 0 Å². The molecule has 1 unspecified atom stereocenters. The number of hydrogen-bond acceptors (Lipinski definition) is 3. The van der Waals surface area contributed by atoms with Gasteiger partial charge in [0.25, 0.3) is 0 Å². The van der Waals surface area contributed by atoms with Crippen LogP contribution >= 0.6 is 28.3 Å². The van der Waals surface area contributed by atoms with E-state index in [-0.39, 0.29) is 24.4 Å². The molecule has 2 aromatic rings. The molecule has 124 valence electrons. The molecule has 0 spiro atoms. The van der Waals surface area contributed by atoms with Crippen molar-refractivity contribution in [1.29, 1.82) is 0 Å². The summed E-state index contributed by atoms with van der Waals surface area (Å²) in [4.78, 5) is 11.8. The fourth-order valence-corrected chi connectivity index (χ4v) is 2.60. The van der Waals surface area contributed by atoms with Crippen molar-refractivity contribution >= 4 is 34.3 Å². The Bertz CT molecular complexity index is 648. The van der Waals surface area contributed by atoms with Gasteiger partial charge in [-0.05, 0) is 43.2 Å². The van der Waals surface area contributed by atoms with E-state index >= 15 is 0 Å². The van der Waals surface area contributed by atoms with Gasteiger partial charge in [-0.25, -0.2) is 4.79 Å². The van der Waals surface area contributed by atoms with Crippen molar-refractivity contribution in [2.24, 2.45) is 0 Å². The largest absolute Gasteiger partial charge is 0.462 e. The zero-order valence-electron chi connectivity index (χ0n) is 13.2. The summed E-state index contributed by atoms with van der Waals surface area (Å²) in [5, 5.41) is 3.47. The monoisotopic (exact) mass is 397 g/mol. The molecule has 5 heteroatoms. The fraction of sp³-hybridized carbons (Fsp3) is 0.278. The third-order valence-electron chi connectivity index (χ3n) is 3.45. The first-order valence-corrected chi connectivity index (χ1v) is 8.15. The third-order valence-corrected chi connectivity index (χ3v) is 4.23. The Morgan fingerprint density at radius 1 is 1.22 bits per heavy atom. The third kappa shape index (κ3) is 5.65. The lowest BCUT2D eigenvalue weighted by molar-refractivity contribution is 0.0526. The number of rotatable bonds is 6. The minimum atomic E-state index is -0.276. The maximum absolute atomic E-state index is 11.8. The zero-order valence-corrected chi connectivity index (χ0v) is 15.6. The molecule has 1 atom stereocenters. The molecule has 0 saturated carbocycles. The molecule has 0 amide bonds. The van der Waals surface area contributed by atoms with Crippen molar-refractivity contribution in [3.05, 3.63) is 69.7 Å². The molecule has 0 aliphatic carbocycles. The molecule has 2 aromatic carbocycles. The Kier molecular flexibility index (Phi) is 8.31. The maximum atomic E-state index is 11.8. The average Bonchev–Trinajstić information content (AvgIpc) is 2.54. The molecule has 0 aromatic heterocycles. The van der Waals surface area contributed by atoms with Crippen molar-refractivity contribution in [1.82, 2.24) is 5.32 Å². The maximum Gasteiger partial charge on any atom is 0.338 e. The fourth-order valence-electron chi connectivity index (χ4n) is 2.17. The van der Waals surface area contributed by atoms with E-state index in [0.717, 1.165) is 16.6 Å². The number of nitrogens with one attached hydrogen (secondary N) is 1. The van der Waals surface area contributed by atoms with Crippen LogP contribution in [0.25, 0.3) is 0 Å². The Morgan fingerprint density at radius 2 is 1.96 bits per heavy atom. The van der Waals surface area contributed by atoms with Gasteiger partial charge in [0.2, 0.25) is 0 Å². The molecule has 0 bridgehead atoms. The van der Waals surface area contributed by atoms with Crippen LogP contribution in [-0.4, -0.2) is 12.6 Å². The highest BCUT2D eigenvalue weighted by molar-refractivity contribution is 9.10. The Labute approximate surface area is 152 Å². The van der Waals surface area contributed by atoms with Crippen molar-refractivity contribution in [3.8, 4) is 0 Å². The summed E-state index contributed by atoms with van der Waals surface area (Å²) >= 11 is 3.55. The van der Waals surface area contributed by atoms with E-state index in [1.807, 2.05) is 43.3 Å². The predicted molar refractivity (Wildman–Crippen MR) is 99.0 cm³/mol. The second-order valence-corrected chi connectivity index (χ2v) is 5.89. The standard InChI is InChI=1S/C18H20BrNO2.ClH/c1-3-22-18(21)15-9-6-8-14(11-15)13(2)20-12-16-7-4-5-10-17(16)19;/h4-11,13,20H,3,12H2,1-2H3;1H. The second-order valence-electron chi connectivity index (χ2n) is 5.04. The van der Waals surface area contributed by atoms with E-state index in [9.17, 15) is 4.79 Å². The van der Waals surface area contributed by atoms with E-state index in [1.54, 1.807) is 6.07 Å². The molecule has 0 heterocycles. The summed E-state index contributed by atoms with van der Waals surface area (Å²) in [5.41, 5.74) is 2.86. The van der Waals surface area contributed by atoms with Crippen molar-refractivity contribution < 1.29 is 9.53 Å². The number of benzene rings is 2. The second kappa shape index (κ2) is 9.71. The molecule has 0 aliphatic heterocycles. The zero-order chi connectivity index (χ0) is 15.9. The first-order chi connectivity index (χ1) is 10.6. The van der Waals surface area contributed by atoms with Crippen LogP contribution in [0.1, 0.15) is 41.4 Å². The quantitative estimate of drug-likeness (QED) is 0.703. The minimum Gasteiger partial charge on any atom is -0.462 e. The van der Waals surface area contributed by atoms with Crippen molar-refractivity contribution in [2.75, 3.05) is 6.61 Å². The smallest absolute Gasteiger partial charge is 0.338 e. The molecule has 23 heavy (non-hydrogen) atoms. The normalized spacial score (nSPS) is 11.4. The van der Waals surface area contributed by atoms with Gasteiger partial charge in [0.1, 0.15) is 0 Å². The first kappa shape index (κ1) is 19.7. The number of halogens is 2. The van der Waals surface area contributed by atoms with Crippen LogP contribution < -0.4 is 5.32 Å². The van der Waals surface area contributed by atoms with Gasteiger partial charge in [-0.1, -0.05) is 46.3 Å². The van der Waals surface area contributed by atoms with Crippen LogP contribution in [0.5, 0.6) is 0 Å². The summed E-state index contributed by atoms with van der Waals surface area (Å²) in [5.74, 6) is -0.276. The summed E-state index contributed by atoms with van der Waals surface area (Å²) < 4.78 is 6.13. The molecule has 3 nitrogen and oxygen atoms in total. The van der Waals surface area contributed by atoms with Crippen LogP contribution in [0.15, 0.2) is 53.0 Å². The molecule has 0 saturated heterocycles. The van der Waals surface area contributed by atoms with Gasteiger partial charge >= 0.3 is 5.97 Å². The predicted octanol–water partition coefficient (Wildman–Crippen LogP) is 4.90. The first-order valence-electron chi connectivity index (χ1n) is 7.35. The summed E-state index contributed by atoms with van der Waals surface area (Å²) in [6, 6.07) is 15.8. The lowest BCUT2D eigenvalue weighted by Gasteiger charge is -2.16. The Morgan fingerprint density at radius 3 is 2.65 bits per heavy atom. The topological polar surface area (TPSA) is 38.3 Å². The number of esters is 1. The number of ether oxygens (including phenoxy) is 1. The van der Waals surface area contributed by atoms with Crippen LogP contribution in [0.2, 0.25) is 0 Å². The van der Waals surface area contributed by atoms with Gasteiger partial charge in [0.05, 0.1) is 12.2 Å². The van der Waals surface area contributed by atoms with E-state index in [0.29, 0.717) is 12.2 Å². The number of carbonyl (C=O) groups is 1. The molecule has 1 N–H and O–H groups in total. The SMILES string of the molecule is CCOC(=O)c1cccc(C(C)NCc2ccccc2Br)c1.Cl. The van der Waals surface area contributed by atoms with Crippen molar-refractivity contribution in [3.63, 3.8) is 0 Å². The highest BCUT2D eigenvalue weighted by atomic mass is 79.9. The van der Waals surface area contributed by atoms with E-state index < -0.39 is 0 Å². The van der Waals surface area contributed by atoms with Crippen LogP contribution in [0, 0.1) is 0 Å². The van der Waals surface area contributed by atoms with E-state index in [2.05, 4.69) is 34.2 Å². The van der Waals surface area contributed by atoms with Crippen molar-refractivity contribution in [2.45, 2.75) is 26.4 Å². The molecular weight excluding hydrogens is 378 g/mol. The molecule has 2 rings (SSSR count). The van der Waals surface area contributed by atoms with Crippen LogP contribution in [-0.2, 0) is 11.3 Å². The van der Waals surface area contributed by atoms with Gasteiger partial charge in [-0.2, -0.15) is 0 Å². The van der Waals surface area contributed by atoms with Gasteiger partial charge in [-0.15, -0.1) is 12.4 Å². The van der Waals surface area contributed by atoms with E-state index in [1.165, 1.54) is 5.56 Å². The van der Waals surface area contributed by atoms with Gasteiger partial charge in [0, 0.05) is 17.1 Å². The molecule has 0 radical (unpaired) electrons. The summed E-state index contributed by atoms with van der Waals surface area (Å²) in [6.07, 6.45) is 0. The van der Waals surface area contributed by atoms with Gasteiger partial charge in [0.15, 0.2) is 0 Å². The lowest BCUT2D eigenvalue weighted by atomic mass is 10.0. The Balaban J connectivity index is 0.00000264. The number of hydrogen-bond donors (Lipinski definition) is 1. The number of carbonyl (C=O) groups excluding carboxylic acids is 1. The van der Waals surface area contributed by atoms with Gasteiger partial charge in [-0.3, -0.25) is 0 Å². The molecule has 0 aliphatic rings. The average molecular weight is 399 g/mol. The highest BCUT2D eigenvalue weighted by Gasteiger charge is 2.11. The molecular formula is C18H21BrClNO2.